The van der Waals surface area contributed by atoms with Gasteiger partial charge in [-0.25, -0.2) is 24.9 Å². The van der Waals surface area contributed by atoms with Crippen LogP contribution < -0.4 is 0 Å². The average molecular weight is 750 g/mol. The van der Waals surface area contributed by atoms with Gasteiger partial charge in [0, 0.05) is 58.6 Å². The Kier molecular flexibility index (Phi) is 6.96. The lowest BCUT2D eigenvalue weighted by atomic mass is 10.0. The van der Waals surface area contributed by atoms with Crippen molar-refractivity contribution in [1.29, 1.82) is 0 Å². The van der Waals surface area contributed by atoms with E-state index in [2.05, 4.69) is 54.6 Å². The van der Waals surface area contributed by atoms with Crippen molar-refractivity contribution in [2.24, 2.45) is 0 Å². The minimum absolute atomic E-state index is 0.525. The van der Waals surface area contributed by atoms with Crippen LogP contribution in [0.4, 0.5) is 0 Å². The van der Waals surface area contributed by atoms with Gasteiger partial charge in [0.15, 0.2) is 28.9 Å². The number of nitrogens with zero attached hydrogens (tertiary/aromatic N) is 5. The van der Waals surface area contributed by atoms with Crippen LogP contribution >= 0.6 is 11.3 Å². The molecule has 0 aliphatic rings. The van der Waals surface area contributed by atoms with Crippen LogP contribution in [-0.2, 0) is 0 Å². The molecule has 57 heavy (non-hydrogen) atoms. The highest BCUT2D eigenvalue weighted by Gasteiger charge is 2.23. The molecule has 12 rings (SSSR count). The number of hydrogen-bond acceptors (Lipinski definition) is 8. The molecular weight excluding hydrogens is 723 g/mol. The predicted molar refractivity (Wildman–Crippen MR) is 230 cm³/mol. The highest BCUT2D eigenvalue weighted by atomic mass is 32.1. The molecule has 0 amide bonds. The lowest BCUT2D eigenvalue weighted by Gasteiger charge is -2.09. The van der Waals surface area contributed by atoms with Crippen molar-refractivity contribution in [3.63, 3.8) is 0 Å². The van der Waals surface area contributed by atoms with E-state index in [1.54, 1.807) is 11.3 Å². The molecule has 12 aromatic rings. The van der Waals surface area contributed by atoms with E-state index in [9.17, 15) is 0 Å². The van der Waals surface area contributed by atoms with Gasteiger partial charge in [-0.3, -0.25) is 0 Å². The maximum Gasteiger partial charge on any atom is 0.180 e. The molecule has 0 saturated carbocycles. The van der Waals surface area contributed by atoms with Crippen molar-refractivity contribution in [3.8, 4) is 56.8 Å². The molecule has 5 heterocycles. The molecule has 0 unspecified atom stereocenters. The van der Waals surface area contributed by atoms with Crippen LogP contribution in [0.3, 0.4) is 0 Å². The number of furan rings is 2. The maximum atomic E-state index is 6.79. The van der Waals surface area contributed by atoms with E-state index < -0.39 is 0 Å². The number of aromatic nitrogens is 5. The Morgan fingerprint density at radius 2 is 0.947 bits per heavy atom. The van der Waals surface area contributed by atoms with Crippen molar-refractivity contribution >= 4 is 75.5 Å². The molecule has 5 aromatic heterocycles. The first-order valence-electron chi connectivity index (χ1n) is 18.7. The Balaban J connectivity index is 1.09. The van der Waals surface area contributed by atoms with Crippen molar-refractivity contribution in [2.45, 2.75) is 0 Å². The Hall–Kier alpha value is -7.55. The fourth-order valence-corrected chi connectivity index (χ4v) is 9.18. The summed E-state index contributed by atoms with van der Waals surface area (Å²) >= 11 is 1.76. The Bertz CT molecular complexity index is 3540. The summed E-state index contributed by atoms with van der Waals surface area (Å²) in [6.07, 6.45) is 0. The van der Waals surface area contributed by atoms with E-state index in [0.29, 0.717) is 40.0 Å². The molecule has 8 heteroatoms. The minimum atomic E-state index is 0.525. The first kappa shape index (κ1) is 31.8. The van der Waals surface area contributed by atoms with Crippen LogP contribution in [0.5, 0.6) is 0 Å². The Morgan fingerprint density at radius 3 is 1.79 bits per heavy atom. The molecule has 7 nitrogen and oxygen atoms in total. The summed E-state index contributed by atoms with van der Waals surface area (Å²) in [5, 5.41) is 5.16. The van der Waals surface area contributed by atoms with Crippen molar-refractivity contribution in [2.75, 3.05) is 0 Å². The fraction of sp³-hybridized carbons (Fsp3) is 0. The Morgan fingerprint density at radius 1 is 0.368 bits per heavy atom. The second kappa shape index (κ2) is 12.5. The number of rotatable bonds is 5. The third-order valence-corrected chi connectivity index (χ3v) is 11.8. The Labute approximate surface area is 328 Å². The summed E-state index contributed by atoms with van der Waals surface area (Å²) in [4.78, 5) is 25.8. The van der Waals surface area contributed by atoms with Crippen LogP contribution in [0, 0.1) is 0 Å². The number of hydrogen-bond donors (Lipinski definition) is 0. The molecule has 0 bridgehead atoms. The lowest BCUT2D eigenvalue weighted by molar-refractivity contribution is 0.667. The summed E-state index contributed by atoms with van der Waals surface area (Å²) in [6, 6.07) is 55.2. The topological polar surface area (TPSA) is 90.7 Å². The molecule has 0 radical (unpaired) electrons. The van der Waals surface area contributed by atoms with Gasteiger partial charge in [0.2, 0.25) is 0 Å². The average Bonchev–Trinajstić information content (AvgIpc) is 3.98. The van der Waals surface area contributed by atoms with Gasteiger partial charge >= 0.3 is 0 Å². The van der Waals surface area contributed by atoms with E-state index in [4.69, 9.17) is 33.8 Å². The van der Waals surface area contributed by atoms with E-state index in [1.807, 2.05) is 109 Å². The standard InChI is InChI=1S/C49H27N5O2S/c1-3-14-28(15-4-1)41-44-42(32-19-7-9-25-37(32)55-44)51-47(50-41)34-22-13-26-38-40(34)33-21-12-23-35(43(33)56-38)48-52-46(29-16-5-2-6-17-29)53-49(54-48)36-24-11-20-31-30-18-8-10-27-39(30)57-45(31)36/h1-27H. The molecule has 0 aliphatic carbocycles. The smallest absolute Gasteiger partial charge is 0.180 e. The predicted octanol–water partition coefficient (Wildman–Crippen LogP) is 13.2. The number of thiophene rings is 1. The second-order valence-corrected chi connectivity index (χ2v) is 15.0. The van der Waals surface area contributed by atoms with Gasteiger partial charge in [0.05, 0.1) is 5.56 Å². The molecule has 0 fully saturated rings. The van der Waals surface area contributed by atoms with Gasteiger partial charge in [0.1, 0.15) is 28.0 Å². The third-order valence-electron chi connectivity index (χ3n) is 10.6. The zero-order valence-corrected chi connectivity index (χ0v) is 30.9. The zero-order valence-electron chi connectivity index (χ0n) is 30.0. The van der Waals surface area contributed by atoms with Gasteiger partial charge in [-0.1, -0.05) is 127 Å². The molecule has 0 spiro atoms. The maximum absolute atomic E-state index is 6.79. The largest absolute Gasteiger partial charge is 0.455 e. The SMILES string of the molecule is c1ccc(-c2nc(-c3cccc4c3oc3cccc(-c5nc(-c6ccccc6)c6oc7ccccc7c6n5)c34)nc(-c3cccc4c3sc3ccccc34)n2)cc1. The summed E-state index contributed by atoms with van der Waals surface area (Å²) in [5.74, 6) is 2.30. The van der Waals surface area contributed by atoms with Crippen LogP contribution in [0.25, 0.3) is 121 Å². The van der Waals surface area contributed by atoms with Crippen molar-refractivity contribution < 1.29 is 8.83 Å². The monoisotopic (exact) mass is 749 g/mol. The van der Waals surface area contributed by atoms with Crippen LogP contribution in [-0.4, -0.2) is 24.9 Å². The highest BCUT2D eigenvalue weighted by Crippen LogP contribution is 2.43. The summed E-state index contributed by atoms with van der Waals surface area (Å²) in [6.45, 7) is 0. The van der Waals surface area contributed by atoms with Gasteiger partial charge in [-0.05, 0) is 36.4 Å². The number of para-hydroxylation sites is 2. The summed E-state index contributed by atoms with van der Waals surface area (Å²) < 4.78 is 15.5. The molecule has 7 aromatic carbocycles. The number of fused-ring (bicyclic) bond motifs is 9. The van der Waals surface area contributed by atoms with Crippen LogP contribution in [0.15, 0.2) is 173 Å². The fourth-order valence-electron chi connectivity index (χ4n) is 7.97. The van der Waals surface area contributed by atoms with Crippen molar-refractivity contribution in [3.05, 3.63) is 164 Å². The quantitative estimate of drug-likeness (QED) is 0.173. The molecule has 0 N–H and O–H groups in total. The zero-order chi connectivity index (χ0) is 37.5. The first-order valence-corrected chi connectivity index (χ1v) is 19.5. The van der Waals surface area contributed by atoms with E-state index >= 15 is 0 Å². The van der Waals surface area contributed by atoms with Gasteiger partial charge < -0.3 is 8.83 Å². The van der Waals surface area contributed by atoms with E-state index in [-0.39, 0.29) is 0 Å². The second-order valence-electron chi connectivity index (χ2n) is 14.0. The first-order chi connectivity index (χ1) is 28.2. The lowest BCUT2D eigenvalue weighted by Crippen LogP contribution is -2.00. The van der Waals surface area contributed by atoms with Crippen LogP contribution in [0.1, 0.15) is 0 Å². The minimum Gasteiger partial charge on any atom is -0.455 e. The van der Waals surface area contributed by atoms with Crippen LogP contribution in [0.2, 0.25) is 0 Å². The van der Waals surface area contributed by atoms with Gasteiger partial charge in [0.25, 0.3) is 0 Å². The van der Waals surface area contributed by atoms with E-state index in [0.717, 1.165) is 65.5 Å². The number of benzene rings is 7. The van der Waals surface area contributed by atoms with Gasteiger partial charge in [-0.2, -0.15) is 0 Å². The van der Waals surface area contributed by atoms with Crippen molar-refractivity contribution in [1.82, 2.24) is 24.9 Å². The molecule has 266 valence electrons. The normalized spacial score (nSPS) is 11.9. The molecular formula is C49H27N5O2S. The summed E-state index contributed by atoms with van der Waals surface area (Å²) in [5.41, 5.74) is 8.73. The highest BCUT2D eigenvalue weighted by molar-refractivity contribution is 7.26. The van der Waals surface area contributed by atoms with E-state index in [1.165, 1.54) is 15.5 Å². The van der Waals surface area contributed by atoms with Gasteiger partial charge in [-0.15, -0.1) is 11.3 Å². The molecule has 0 saturated heterocycles. The molecule has 0 aliphatic heterocycles. The molecule has 0 atom stereocenters. The third kappa shape index (κ3) is 5.01. The summed E-state index contributed by atoms with van der Waals surface area (Å²) in [7, 11) is 0.